The molecule has 102 valence electrons. The van der Waals surface area contributed by atoms with Crippen LogP contribution in [0.3, 0.4) is 0 Å². The Kier molecular flexibility index (Phi) is 5.83. The van der Waals surface area contributed by atoms with E-state index in [9.17, 15) is 8.42 Å². The molecule has 0 saturated heterocycles. The van der Waals surface area contributed by atoms with E-state index in [1.54, 1.807) is 25.3 Å². The predicted molar refractivity (Wildman–Crippen MR) is 79.5 cm³/mol. The first kappa shape index (κ1) is 15.7. The summed E-state index contributed by atoms with van der Waals surface area (Å²) in [6.07, 6.45) is 0. The van der Waals surface area contributed by atoms with E-state index in [0.717, 1.165) is 3.57 Å². The monoisotopic (exact) mass is 384 g/mol. The lowest BCUT2D eigenvalue weighted by molar-refractivity contribution is 0.411. The fraction of sp³-hybridized carbons (Fsp3) is 0.455. The molecule has 1 N–H and O–H groups in total. The molecule has 0 aliphatic carbocycles. The van der Waals surface area contributed by atoms with E-state index in [2.05, 4.69) is 4.72 Å². The van der Waals surface area contributed by atoms with Gasteiger partial charge in [-0.25, -0.2) is 13.1 Å². The summed E-state index contributed by atoms with van der Waals surface area (Å²) in [4.78, 5) is 2.17. The molecule has 1 aromatic carbocycles. The molecule has 0 aliphatic heterocycles. The van der Waals surface area contributed by atoms with Crippen LogP contribution in [-0.2, 0) is 10.0 Å². The molecule has 5 nitrogen and oxygen atoms in total. The number of methoxy groups -OCH3 is 1. The maximum atomic E-state index is 12.0. The molecular weight excluding hydrogens is 367 g/mol. The lowest BCUT2D eigenvalue weighted by Gasteiger charge is -2.11. The van der Waals surface area contributed by atoms with Crippen molar-refractivity contribution in [3.05, 3.63) is 21.8 Å². The fourth-order valence-electron chi connectivity index (χ4n) is 1.30. The summed E-state index contributed by atoms with van der Waals surface area (Å²) >= 11 is 2.05. The third-order valence-electron chi connectivity index (χ3n) is 2.28. The van der Waals surface area contributed by atoms with Crippen LogP contribution in [0.1, 0.15) is 0 Å². The summed E-state index contributed by atoms with van der Waals surface area (Å²) < 4.78 is 32.4. The zero-order valence-electron chi connectivity index (χ0n) is 10.6. The largest absolute Gasteiger partial charge is 0.496 e. The minimum absolute atomic E-state index is 0.256. The van der Waals surface area contributed by atoms with Gasteiger partial charge in [-0.2, -0.15) is 0 Å². The highest BCUT2D eigenvalue weighted by molar-refractivity contribution is 14.1. The van der Waals surface area contributed by atoms with E-state index in [4.69, 9.17) is 4.74 Å². The Bertz CT molecular complexity index is 503. The molecule has 0 aliphatic rings. The van der Waals surface area contributed by atoms with Crippen LogP contribution < -0.4 is 9.46 Å². The topological polar surface area (TPSA) is 58.6 Å². The number of ether oxygens (including phenoxy) is 1. The Labute approximate surface area is 122 Å². The van der Waals surface area contributed by atoms with Crippen molar-refractivity contribution in [3.8, 4) is 5.75 Å². The van der Waals surface area contributed by atoms with Gasteiger partial charge in [0.25, 0.3) is 0 Å². The van der Waals surface area contributed by atoms with Crippen molar-refractivity contribution in [2.45, 2.75) is 4.90 Å². The van der Waals surface area contributed by atoms with Gasteiger partial charge in [0.15, 0.2) is 0 Å². The van der Waals surface area contributed by atoms with E-state index >= 15 is 0 Å². The maximum absolute atomic E-state index is 12.0. The number of benzene rings is 1. The molecule has 0 amide bonds. The standard InChI is InChI=1S/C11H17IN2O3S/c1-14(2)7-6-13-18(15,16)9-4-5-11(17-3)10(12)8-9/h4-5,8,13H,6-7H2,1-3H3. The third-order valence-corrected chi connectivity index (χ3v) is 4.59. The summed E-state index contributed by atoms with van der Waals surface area (Å²) in [5.74, 6) is 0.669. The smallest absolute Gasteiger partial charge is 0.240 e. The van der Waals surface area contributed by atoms with Gasteiger partial charge in [0.05, 0.1) is 15.6 Å². The van der Waals surface area contributed by atoms with Gasteiger partial charge in [-0.15, -0.1) is 0 Å². The van der Waals surface area contributed by atoms with Crippen LogP contribution in [0.4, 0.5) is 0 Å². The normalized spacial score (nSPS) is 11.8. The minimum Gasteiger partial charge on any atom is -0.496 e. The lowest BCUT2D eigenvalue weighted by Crippen LogP contribution is -2.31. The highest BCUT2D eigenvalue weighted by atomic mass is 127. The minimum atomic E-state index is -3.44. The number of nitrogens with one attached hydrogen (secondary N) is 1. The first-order chi connectivity index (χ1) is 8.36. The molecule has 0 unspecified atom stereocenters. The van der Waals surface area contributed by atoms with E-state index in [0.29, 0.717) is 18.8 Å². The van der Waals surface area contributed by atoms with Gasteiger partial charge in [0.1, 0.15) is 5.75 Å². The average molecular weight is 384 g/mol. The summed E-state index contributed by atoms with van der Waals surface area (Å²) in [5.41, 5.74) is 0. The lowest BCUT2D eigenvalue weighted by atomic mass is 10.3. The summed E-state index contributed by atoms with van der Waals surface area (Å²) in [7, 11) is 1.90. The Morgan fingerprint density at radius 3 is 2.56 bits per heavy atom. The van der Waals surface area contributed by atoms with Gasteiger partial charge in [0, 0.05) is 13.1 Å². The molecule has 18 heavy (non-hydrogen) atoms. The number of sulfonamides is 1. The van der Waals surface area contributed by atoms with Crippen LogP contribution in [0.2, 0.25) is 0 Å². The first-order valence-electron chi connectivity index (χ1n) is 5.35. The molecule has 0 heterocycles. The Morgan fingerprint density at radius 1 is 1.39 bits per heavy atom. The van der Waals surface area contributed by atoms with Crippen molar-refractivity contribution in [2.24, 2.45) is 0 Å². The molecule has 0 atom stereocenters. The Hall–Kier alpha value is -0.380. The second kappa shape index (κ2) is 6.69. The number of nitrogens with zero attached hydrogens (tertiary/aromatic N) is 1. The van der Waals surface area contributed by atoms with E-state index in [-0.39, 0.29) is 4.90 Å². The molecule has 0 bridgehead atoms. The van der Waals surface area contributed by atoms with Gasteiger partial charge < -0.3 is 9.64 Å². The molecule has 0 aromatic heterocycles. The number of hydrogen-bond acceptors (Lipinski definition) is 4. The van der Waals surface area contributed by atoms with Crippen LogP contribution in [0.25, 0.3) is 0 Å². The average Bonchev–Trinajstić information content (AvgIpc) is 2.28. The summed E-state index contributed by atoms with van der Waals surface area (Å²) in [6.45, 7) is 1.05. The molecule has 7 heteroatoms. The van der Waals surface area contributed by atoms with Gasteiger partial charge >= 0.3 is 0 Å². The van der Waals surface area contributed by atoms with Gasteiger partial charge in [-0.3, -0.25) is 0 Å². The molecule has 0 radical (unpaired) electrons. The highest BCUT2D eigenvalue weighted by Gasteiger charge is 2.15. The van der Waals surface area contributed by atoms with Crippen molar-refractivity contribution in [2.75, 3.05) is 34.3 Å². The van der Waals surface area contributed by atoms with Crippen molar-refractivity contribution in [3.63, 3.8) is 0 Å². The van der Waals surface area contributed by atoms with Crippen LogP contribution in [0.15, 0.2) is 23.1 Å². The fourth-order valence-corrected chi connectivity index (χ4v) is 3.29. The number of hydrogen-bond donors (Lipinski definition) is 1. The third kappa shape index (κ3) is 4.38. The van der Waals surface area contributed by atoms with Gasteiger partial charge in [-0.05, 0) is 54.9 Å². The zero-order valence-corrected chi connectivity index (χ0v) is 13.6. The second-order valence-corrected chi connectivity index (χ2v) is 6.93. The molecular formula is C11H17IN2O3S. The Morgan fingerprint density at radius 2 is 2.06 bits per heavy atom. The second-order valence-electron chi connectivity index (χ2n) is 4.00. The van der Waals surface area contributed by atoms with Crippen LogP contribution in [-0.4, -0.2) is 47.6 Å². The maximum Gasteiger partial charge on any atom is 0.240 e. The van der Waals surface area contributed by atoms with Crippen LogP contribution >= 0.6 is 22.6 Å². The van der Waals surface area contributed by atoms with Crippen LogP contribution in [0, 0.1) is 3.57 Å². The zero-order chi connectivity index (χ0) is 13.8. The highest BCUT2D eigenvalue weighted by Crippen LogP contribution is 2.23. The number of rotatable bonds is 6. The molecule has 1 rings (SSSR count). The Balaban J connectivity index is 2.82. The van der Waals surface area contributed by atoms with Crippen molar-refractivity contribution < 1.29 is 13.2 Å². The molecule has 0 spiro atoms. The summed E-state index contributed by atoms with van der Waals surface area (Å²) in [5, 5.41) is 0. The quantitative estimate of drug-likeness (QED) is 0.748. The SMILES string of the molecule is COc1ccc(S(=O)(=O)NCCN(C)C)cc1I. The van der Waals surface area contributed by atoms with E-state index in [1.165, 1.54) is 0 Å². The number of halogens is 1. The van der Waals surface area contributed by atoms with E-state index in [1.807, 2.05) is 41.6 Å². The molecule has 0 saturated carbocycles. The molecule has 1 aromatic rings. The van der Waals surface area contributed by atoms with Gasteiger partial charge in [-0.1, -0.05) is 0 Å². The molecule has 0 fully saturated rings. The van der Waals surface area contributed by atoms with E-state index < -0.39 is 10.0 Å². The predicted octanol–water partition coefficient (Wildman–Crippen LogP) is 1.14. The van der Waals surface area contributed by atoms with Crippen molar-refractivity contribution in [1.82, 2.24) is 9.62 Å². The van der Waals surface area contributed by atoms with Crippen LogP contribution in [0.5, 0.6) is 5.75 Å². The van der Waals surface area contributed by atoms with Crippen molar-refractivity contribution in [1.29, 1.82) is 0 Å². The first-order valence-corrected chi connectivity index (χ1v) is 7.91. The van der Waals surface area contributed by atoms with Crippen molar-refractivity contribution >= 4 is 32.6 Å². The summed E-state index contributed by atoms with van der Waals surface area (Å²) in [6, 6.07) is 4.79. The van der Waals surface area contributed by atoms with Gasteiger partial charge in [0.2, 0.25) is 10.0 Å². The number of likely N-dealkylation sites (N-methyl/N-ethyl adjacent to an activating group) is 1.